The number of hydrogen-bond acceptors (Lipinski definition) is 5. The Morgan fingerprint density at radius 3 is 2.81 bits per heavy atom. The maximum absolute atomic E-state index is 13.0. The van der Waals surface area contributed by atoms with Gasteiger partial charge in [0, 0.05) is 24.7 Å². The number of aromatic nitrogens is 2. The first-order valence-corrected chi connectivity index (χ1v) is 11.1. The van der Waals surface area contributed by atoms with Crippen LogP contribution in [0, 0.1) is 0 Å². The highest BCUT2D eigenvalue weighted by Gasteiger charge is 2.35. The van der Waals surface area contributed by atoms with Crippen LogP contribution in [0.5, 0.6) is 0 Å². The molecule has 0 spiro atoms. The monoisotopic (exact) mass is 463 g/mol. The van der Waals surface area contributed by atoms with E-state index in [2.05, 4.69) is 32.4 Å². The predicted octanol–water partition coefficient (Wildman–Crippen LogP) is 3.91. The molecule has 0 aliphatic carbocycles. The minimum Gasteiger partial charge on any atom is -0.339 e. The molecule has 8 nitrogen and oxygen atoms in total. The molecule has 2 amide bonds. The minimum absolute atomic E-state index is 0.143. The number of carbonyl (C=O) groups is 2. The van der Waals surface area contributed by atoms with E-state index >= 15 is 0 Å². The molecule has 1 aromatic carbocycles. The molecule has 10 heteroatoms. The number of aromatic amines is 1. The molecule has 0 radical (unpaired) electrons. The molecule has 0 bridgehead atoms. The van der Waals surface area contributed by atoms with E-state index in [4.69, 9.17) is 23.2 Å². The SMILES string of the molecule is CCC1CCCCN1c1nc2c(c(=O)[nH]1)C(C(=O)Nc1ccc(Cl)c(Cl)c1)CC(=O)N2. The lowest BCUT2D eigenvalue weighted by atomic mass is 9.92. The summed E-state index contributed by atoms with van der Waals surface area (Å²) in [6.45, 7) is 2.89. The number of carbonyl (C=O) groups excluding carboxylic acids is 2. The van der Waals surface area contributed by atoms with Gasteiger partial charge in [-0.2, -0.15) is 4.98 Å². The number of amides is 2. The summed E-state index contributed by atoms with van der Waals surface area (Å²) in [5.74, 6) is -1.24. The number of H-pyrrole nitrogens is 1. The van der Waals surface area contributed by atoms with Crippen LogP contribution in [0.3, 0.4) is 0 Å². The normalized spacial score (nSPS) is 20.7. The molecule has 2 aliphatic heterocycles. The summed E-state index contributed by atoms with van der Waals surface area (Å²) in [6, 6.07) is 4.95. The fourth-order valence-corrected chi connectivity index (χ4v) is 4.52. The van der Waals surface area contributed by atoms with Crippen LogP contribution in [0.2, 0.25) is 10.0 Å². The van der Waals surface area contributed by atoms with Crippen molar-refractivity contribution in [2.75, 3.05) is 22.1 Å². The molecule has 2 aromatic rings. The quantitative estimate of drug-likeness (QED) is 0.636. The van der Waals surface area contributed by atoms with Gasteiger partial charge >= 0.3 is 0 Å². The first kappa shape index (κ1) is 21.6. The summed E-state index contributed by atoms with van der Waals surface area (Å²) >= 11 is 11.9. The molecule has 3 N–H and O–H groups in total. The molecule has 0 saturated carbocycles. The molecular weight excluding hydrogens is 441 g/mol. The van der Waals surface area contributed by atoms with Crippen LogP contribution < -0.4 is 21.1 Å². The number of hydrogen-bond donors (Lipinski definition) is 3. The average Bonchev–Trinajstić information content (AvgIpc) is 2.75. The molecule has 1 aromatic heterocycles. The van der Waals surface area contributed by atoms with E-state index < -0.39 is 17.4 Å². The molecule has 4 rings (SSSR count). The summed E-state index contributed by atoms with van der Waals surface area (Å²) in [4.78, 5) is 47.7. The lowest BCUT2D eigenvalue weighted by molar-refractivity contribution is -0.123. The number of benzene rings is 1. The number of nitrogens with zero attached hydrogens (tertiary/aromatic N) is 2. The van der Waals surface area contributed by atoms with Crippen molar-refractivity contribution in [3.63, 3.8) is 0 Å². The molecule has 2 atom stereocenters. The molecule has 3 heterocycles. The van der Waals surface area contributed by atoms with Gasteiger partial charge in [-0.25, -0.2) is 0 Å². The third-order valence-corrected chi connectivity index (χ3v) is 6.55. The van der Waals surface area contributed by atoms with E-state index in [9.17, 15) is 14.4 Å². The van der Waals surface area contributed by atoms with Gasteiger partial charge in [-0.05, 0) is 43.9 Å². The smallest absolute Gasteiger partial charge is 0.258 e. The molecule has 1 fully saturated rings. The van der Waals surface area contributed by atoms with E-state index in [0.717, 1.165) is 32.2 Å². The van der Waals surface area contributed by atoms with Crippen LogP contribution in [0.15, 0.2) is 23.0 Å². The number of piperidine rings is 1. The topological polar surface area (TPSA) is 107 Å². The first-order valence-electron chi connectivity index (χ1n) is 10.3. The Morgan fingerprint density at radius 1 is 1.26 bits per heavy atom. The molecule has 1 saturated heterocycles. The van der Waals surface area contributed by atoms with Crippen LogP contribution in [0.1, 0.15) is 50.5 Å². The maximum atomic E-state index is 13.0. The molecule has 164 valence electrons. The number of rotatable bonds is 4. The lowest BCUT2D eigenvalue weighted by Crippen LogP contribution is -2.43. The zero-order valence-electron chi connectivity index (χ0n) is 17.0. The van der Waals surface area contributed by atoms with E-state index in [0.29, 0.717) is 16.7 Å². The van der Waals surface area contributed by atoms with Crippen molar-refractivity contribution >= 4 is 52.5 Å². The van der Waals surface area contributed by atoms with Gasteiger partial charge < -0.3 is 15.5 Å². The third kappa shape index (κ3) is 4.41. The zero-order chi connectivity index (χ0) is 22.1. The molecular formula is C21H23Cl2N5O3. The highest BCUT2D eigenvalue weighted by atomic mass is 35.5. The van der Waals surface area contributed by atoms with Crippen molar-refractivity contribution in [1.29, 1.82) is 0 Å². The standard InChI is InChI=1S/C21H23Cl2N5O3/c1-2-12-5-3-4-8-28(12)21-26-18-17(20(31)27-21)13(10-16(29)25-18)19(30)24-11-6-7-14(22)15(23)9-11/h6-7,9,12-13H,2-5,8,10H2,1H3,(H,24,30)(H2,25,26,27,29,31). The fourth-order valence-electron chi connectivity index (χ4n) is 4.23. The highest BCUT2D eigenvalue weighted by Crippen LogP contribution is 2.32. The van der Waals surface area contributed by atoms with E-state index in [1.165, 1.54) is 6.07 Å². The van der Waals surface area contributed by atoms with Crippen molar-refractivity contribution in [1.82, 2.24) is 9.97 Å². The van der Waals surface area contributed by atoms with Gasteiger partial charge in [-0.3, -0.25) is 19.4 Å². The van der Waals surface area contributed by atoms with Crippen molar-refractivity contribution in [2.45, 2.75) is 51.0 Å². The number of anilines is 3. The lowest BCUT2D eigenvalue weighted by Gasteiger charge is -2.36. The van der Waals surface area contributed by atoms with Crippen molar-refractivity contribution in [2.24, 2.45) is 0 Å². The van der Waals surface area contributed by atoms with E-state index in [1.54, 1.807) is 12.1 Å². The largest absolute Gasteiger partial charge is 0.339 e. The Balaban J connectivity index is 1.65. The fraction of sp³-hybridized carbons (Fsp3) is 0.429. The molecule has 2 aliphatic rings. The van der Waals surface area contributed by atoms with Crippen LogP contribution >= 0.6 is 23.2 Å². The van der Waals surface area contributed by atoms with Gasteiger partial charge in [0.25, 0.3) is 5.56 Å². The first-order chi connectivity index (χ1) is 14.9. The van der Waals surface area contributed by atoms with Gasteiger partial charge in [0.1, 0.15) is 5.82 Å². The second-order valence-corrected chi connectivity index (χ2v) is 8.64. The average molecular weight is 464 g/mol. The third-order valence-electron chi connectivity index (χ3n) is 5.81. The molecule has 2 unspecified atom stereocenters. The van der Waals surface area contributed by atoms with Gasteiger partial charge in [0.2, 0.25) is 17.8 Å². The summed E-state index contributed by atoms with van der Waals surface area (Å²) in [7, 11) is 0. The highest BCUT2D eigenvalue weighted by molar-refractivity contribution is 6.42. The Hall–Kier alpha value is -2.58. The number of halogens is 2. The van der Waals surface area contributed by atoms with Crippen LogP contribution in [-0.2, 0) is 9.59 Å². The van der Waals surface area contributed by atoms with Gasteiger partial charge in [0.15, 0.2) is 0 Å². The maximum Gasteiger partial charge on any atom is 0.258 e. The van der Waals surface area contributed by atoms with Crippen LogP contribution in [0.25, 0.3) is 0 Å². The second-order valence-electron chi connectivity index (χ2n) is 7.83. The van der Waals surface area contributed by atoms with Gasteiger partial charge in [0.05, 0.1) is 21.5 Å². The zero-order valence-corrected chi connectivity index (χ0v) is 18.5. The van der Waals surface area contributed by atoms with Crippen molar-refractivity contribution in [3.05, 3.63) is 44.2 Å². The minimum atomic E-state index is -0.966. The molecule has 31 heavy (non-hydrogen) atoms. The van der Waals surface area contributed by atoms with Crippen molar-refractivity contribution in [3.8, 4) is 0 Å². The number of fused-ring (bicyclic) bond motifs is 1. The Kier molecular flexibility index (Phi) is 6.20. The van der Waals surface area contributed by atoms with Gasteiger partial charge in [-0.1, -0.05) is 30.1 Å². The summed E-state index contributed by atoms with van der Waals surface area (Å²) in [5, 5.41) is 6.02. The number of nitrogens with one attached hydrogen (secondary N) is 3. The second kappa shape index (κ2) is 8.88. The Morgan fingerprint density at radius 2 is 2.06 bits per heavy atom. The predicted molar refractivity (Wildman–Crippen MR) is 121 cm³/mol. The van der Waals surface area contributed by atoms with Crippen molar-refractivity contribution < 1.29 is 9.59 Å². The summed E-state index contributed by atoms with van der Waals surface area (Å²) in [6.07, 6.45) is 3.96. The summed E-state index contributed by atoms with van der Waals surface area (Å²) in [5.41, 5.74) is 0.160. The van der Waals surface area contributed by atoms with Gasteiger partial charge in [-0.15, -0.1) is 0 Å². The van der Waals surface area contributed by atoms with E-state index in [1.807, 2.05) is 0 Å². The summed E-state index contributed by atoms with van der Waals surface area (Å²) < 4.78 is 0. The van der Waals surface area contributed by atoms with E-state index in [-0.39, 0.29) is 34.8 Å². The Labute approximate surface area is 189 Å². The Bertz CT molecular complexity index is 1090. The van der Waals surface area contributed by atoms with Crippen LogP contribution in [-0.4, -0.2) is 34.4 Å². The van der Waals surface area contributed by atoms with Crippen LogP contribution in [0.4, 0.5) is 17.5 Å².